The molecule has 1 saturated carbocycles. The van der Waals surface area contributed by atoms with Gasteiger partial charge in [0.25, 0.3) is 5.91 Å². The minimum Gasteiger partial charge on any atom is -0.378 e. The maximum atomic E-state index is 13.0. The number of benzene rings is 2. The van der Waals surface area contributed by atoms with E-state index in [0.717, 1.165) is 28.9 Å². The lowest BCUT2D eigenvalue weighted by Gasteiger charge is -2.27. The average molecular weight is 412 g/mol. The van der Waals surface area contributed by atoms with Gasteiger partial charge in [0.2, 0.25) is 5.95 Å². The minimum atomic E-state index is 0.0724. The fraction of sp³-hybridized carbons (Fsp3) is 0.320. The number of hydrogen-bond donors (Lipinski definition) is 0. The van der Waals surface area contributed by atoms with E-state index in [1.54, 1.807) is 0 Å². The molecule has 3 heterocycles. The van der Waals surface area contributed by atoms with Crippen LogP contribution in [0.4, 0.5) is 11.6 Å². The Morgan fingerprint density at radius 1 is 0.935 bits per heavy atom. The summed E-state index contributed by atoms with van der Waals surface area (Å²) >= 11 is 0. The van der Waals surface area contributed by atoms with Gasteiger partial charge in [0, 0.05) is 54.3 Å². The van der Waals surface area contributed by atoms with E-state index in [-0.39, 0.29) is 11.3 Å². The smallest absolute Gasteiger partial charge is 0.254 e. The molecule has 0 bridgehead atoms. The quantitative estimate of drug-likeness (QED) is 0.655. The maximum Gasteiger partial charge on any atom is 0.254 e. The number of nitrogens with zero attached hydrogens (tertiary/aromatic N) is 4. The van der Waals surface area contributed by atoms with Gasteiger partial charge in [-0.05, 0) is 36.1 Å². The number of ether oxygens (including phenoxy) is 1. The van der Waals surface area contributed by atoms with Crippen LogP contribution in [0, 0.1) is 0 Å². The van der Waals surface area contributed by atoms with Crippen LogP contribution in [0.3, 0.4) is 0 Å². The van der Waals surface area contributed by atoms with E-state index in [9.17, 15) is 4.79 Å². The molecule has 2 aliphatic heterocycles. The molecule has 156 valence electrons. The molecule has 0 N–H and O–H groups in total. The highest BCUT2D eigenvalue weighted by Gasteiger charge is 2.52. The molecule has 1 aliphatic carbocycles. The second-order valence-corrected chi connectivity index (χ2v) is 8.64. The van der Waals surface area contributed by atoms with Crippen LogP contribution in [0.2, 0.25) is 0 Å². The lowest BCUT2D eigenvalue weighted by atomic mass is 9.97. The van der Waals surface area contributed by atoms with Gasteiger partial charge in [-0.3, -0.25) is 4.79 Å². The van der Waals surface area contributed by atoms with Crippen molar-refractivity contribution in [3.8, 4) is 11.1 Å². The van der Waals surface area contributed by atoms with Crippen LogP contribution in [-0.4, -0.2) is 53.6 Å². The summed E-state index contributed by atoms with van der Waals surface area (Å²) in [5.41, 5.74) is 5.42. The highest BCUT2D eigenvalue weighted by molar-refractivity contribution is 5.96. The zero-order chi connectivity index (χ0) is 20.8. The lowest BCUT2D eigenvalue weighted by Crippen LogP contribution is -2.40. The van der Waals surface area contributed by atoms with Crippen molar-refractivity contribution in [3.05, 3.63) is 72.1 Å². The number of anilines is 2. The fourth-order valence-electron chi connectivity index (χ4n) is 4.76. The van der Waals surface area contributed by atoms with Crippen molar-refractivity contribution in [2.24, 2.45) is 0 Å². The van der Waals surface area contributed by atoms with E-state index in [2.05, 4.69) is 23.1 Å². The van der Waals surface area contributed by atoms with E-state index in [4.69, 9.17) is 14.7 Å². The number of hydrogen-bond acceptors (Lipinski definition) is 5. The van der Waals surface area contributed by atoms with Gasteiger partial charge in [0.05, 0.1) is 13.2 Å². The molecule has 2 fully saturated rings. The molecule has 31 heavy (non-hydrogen) atoms. The van der Waals surface area contributed by atoms with Crippen LogP contribution in [0.25, 0.3) is 11.1 Å². The van der Waals surface area contributed by atoms with E-state index in [1.807, 2.05) is 47.6 Å². The van der Waals surface area contributed by atoms with Crippen molar-refractivity contribution in [2.45, 2.75) is 18.3 Å². The van der Waals surface area contributed by atoms with E-state index in [0.29, 0.717) is 32.3 Å². The van der Waals surface area contributed by atoms with Crippen LogP contribution in [0.15, 0.2) is 60.9 Å². The average Bonchev–Trinajstić information content (AvgIpc) is 3.56. The lowest BCUT2D eigenvalue weighted by molar-refractivity contribution is 0.0303. The molecule has 0 radical (unpaired) electrons. The summed E-state index contributed by atoms with van der Waals surface area (Å²) in [6, 6.07) is 16.3. The first-order valence-electron chi connectivity index (χ1n) is 10.9. The molecule has 6 heteroatoms. The Kier molecular flexibility index (Phi) is 4.28. The van der Waals surface area contributed by atoms with E-state index >= 15 is 0 Å². The zero-order valence-electron chi connectivity index (χ0n) is 17.3. The molecule has 1 saturated heterocycles. The third-order valence-corrected chi connectivity index (χ3v) is 6.71. The molecule has 6 nitrogen and oxygen atoms in total. The van der Waals surface area contributed by atoms with Crippen LogP contribution in [0.1, 0.15) is 28.8 Å². The molecule has 6 rings (SSSR count). The molecule has 1 spiro atoms. The summed E-state index contributed by atoms with van der Waals surface area (Å²) in [4.78, 5) is 26.5. The Labute approximate surface area is 181 Å². The molecule has 2 aromatic carbocycles. The molecule has 3 aromatic rings. The monoisotopic (exact) mass is 412 g/mol. The summed E-state index contributed by atoms with van der Waals surface area (Å²) in [5, 5.41) is 0. The Morgan fingerprint density at radius 3 is 2.39 bits per heavy atom. The van der Waals surface area contributed by atoms with Gasteiger partial charge in [0.1, 0.15) is 0 Å². The van der Waals surface area contributed by atoms with Gasteiger partial charge in [-0.2, -0.15) is 0 Å². The zero-order valence-corrected chi connectivity index (χ0v) is 17.3. The number of rotatable bonds is 3. The predicted molar refractivity (Wildman–Crippen MR) is 119 cm³/mol. The standard InChI is InChI=1S/C25H24N4O2/c30-23(28-10-12-31-13-11-28)19-6-7-21-22(14-19)29(17-25(21)8-9-25)24-26-15-20(16-27-24)18-4-2-1-3-5-18/h1-7,14-16H,8-13,17H2. The fourth-order valence-corrected chi connectivity index (χ4v) is 4.76. The second-order valence-electron chi connectivity index (χ2n) is 8.64. The largest absolute Gasteiger partial charge is 0.378 e. The van der Waals surface area contributed by atoms with Gasteiger partial charge in [-0.25, -0.2) is 9.97 Å². The SMILES string of the molecule is O=C(c1ccc2c(c1)N(c1ncc(-c3ccccc3)cn1)CC21CC1)N1CCOCC1. The third-order valence-electron chi connectivity index (χ3n) is 6.71. The first-order valence-corrected chi connectivity index (χ1v) is 10.9. The first-order chi connectivity index (χ1) is 15.2. The summed E-state index contributed by atoms with van der Waals surface area (Å²) in [5.74, 6) is 0.767. The van der Waals surface area contributed by atoms with Gasteiger partial charge in [-0.1, -0.05) is 36.4 Å². The molecule has 0 unspecified atom stereocenters. The van der Waals surface area contributed by atoms with Crippen molar-refractivity contribution >= 4 is 17.5 Å². The molecule has 1 aromatic heterocycles. The number of carbonyl (C=O) groups excluding carboxylic acids is 1. The van der Waals surface area contributed by atoms with Crippen LogP contribution < -0.4 is 4.90 Å². The van der Waals surface area contributed by atoms with E-state index in [1.165, 1.54) is 18.4 Å². The van der Waals surface area contributed by atoms with Crippen LogP contribution in [-0.2, 0) is 10.2 Å². The Morgan fingerprint density at radius 2 is 1.68 bits per heavy atom. The first kappa shape index (κ1) is 18.5. The van der Waals surface area contributed by atoms with Gasteiger partial charge >= 0.3 is 0 Å². The van der Waals surface area contributed by atoms with Crippen LogP contribution >= 0.6 is 0 Å². The number of morpholine rings is 1. The summed E-state index contributed by atoms with van der Waals surface area (Å²) in [6.07, 6.45) is 6.13. The Bertz CT molecular complexity index is 1120. The Balaban J connectivity index is 1.33. The van der Waals surface area contributed by atoms with Crippen molar-refractivity contribution in [3.63, 3.8) is 0 Å². The van der Waals surface area contributed by atoms with Crippen LogP contribution in [0.5, 0.6) is 0 Å². The third kappa shape index (κ3) is 3.18. The predicted octanol–water partition coefficient (Wildman–Crippen LogP) is 3.80. The Hall–Kier alpha value is -3.25. The van der Waals surface area contributed by atoms with Crippen molar-refractivity contribution in [2.75, 3.05) is 37.7 Å². The number of carbonyl (C=O) groups is 1. The topological polar surface area (TPSA) is 58.6 Å². The highest BCUT2D eigenvalue weighted by Crippen LogP contribution is 2.57. The highest BCUT2D eigenvalue weighted by atomic mass is 16.5. The van der Waals surface area contributed by atoms with Crippen molar-refractivity contribution in [1.82, 2.24) is 14.9 Å². The number of aromatic nitrogens is 2. The van der Waals surface area contributed by atoms with Gasteiger partial charge in [-0.15, -0.1) is 0 Å². The van der Waals surface area contributed by atoms with Crippen molar-refractivity contribution < 1.29 is 9.53 Å². The second kappa shape index (κ2) is 7.17. The molecule has 1 amide bonds. The number of fused-ring (bicyclic) bond motifs is 2. The normalized spacial score (nSPS) is 18.8. The summed E-state index contributed by atoms with van der Waals surface area (Å²) in [6.45, 7) is 3.38. The maximum absolute atomic E-state index is 13.0. The van der Waals surface area contributed by atoms with Crippen molar-refractivity contribution in [1.29, 1.82) is 0 Å². The number of amides is 1. The molecular formula is C25H24N4O2. The molecule has 3 aliphatic rings. The summed E-state index contributed by atoms with van der Waals surface area (Å²) < 4.78 is 5.39. The minimum absolute atomic E-state index is 0.0724. The molecular weight excluding hydrogens is 388 g/mol. The van der Waals surface area contributed by atoms with Gasteiger partial charge in [0.15, 0.2) is 0 Å². The molecule has 0 atom stereocenters. The van der Waals surface area contributed by atoms with Gasteiger partial charge < -0.3 is 14.5 Å². The van der Waals surface area contributed by atoms with E-state index < -0.39 is 0 Å². The summed E-state index contributed by atoms with van der Waals surface area (Å²) in [7, 11) is 0.